The molecule has 1 aliphatic heterocycles. The van der Waals surface area contributed by atoms with E-state index < -0.39 is 0 Å². The monoisotopic (exact) mass is 278 g/mol. The molecule has 0 spiro atoms. The molecule has 0 aromatic carbocycles. The van der Waals surface area contributed by atoms with Crippen LogP contribution in [0.25, 0.3) is 0 Å². The molecule has 1 aromatic heterocycles. The molecule has 1 amide bonds. The Balaban J connectivity index is 1.80. The molecule has 1 aromatic rings. The number of amides is 1. The minimum absolute atomic E-state index is 0.169. The zero-order chi connectivity index (χ0) is 14.4. The zero-order valence-electron chi connectivity index (χ0n) is 12.2. The lowest BCUT2D eigenvalue weighted by Crippen LogP contribution is -2.41. The van der Waals surface area contributed by atoms with E-state index in [4.69, 9.17) is 4.74 Å². The van der Waals surface area contributed by atoms with Gasteiger partial charge in [0.25, 0.3) is 0 Å². The second-order valence-corrected chi connectivity index (χ2v) is 4.82. The summed E-state index contributed by atoms with van der Waals surface area (Å²) in [5.74, 6) is 1.72. The quantitative estimate of drug-likeness (QED) is 0.870. The van der Waals surface area contributed by atoms with Crippen LogP contribution in [0.3, 0.4) is 0 Å². The Kier molecular flexibility index (Phi) is 5.29. The van der Waals surface area contributed by atoms with E-state index in [1.54, 1.807) is 0 Å². The lowest BCUT2D eigenvalue weighted by atomic mass is 10.3. The summed E-state index contributed by atoms with van der Waals surface area (Å²) in [5, 5.41) is 3.20. The van der Waals surface area contributed by atoms with Crippen LogP contribution in [0.5, 0.6) is 0 Å². The number of hydrogen-bond donors (Lipinski definition) is 1. The smallest absolute Gasteiger partial charge is 0.224 e. The molecule has 0 atom stereocenters. The van der Waals surface area contributed by atoms with Crippen molar-refractivity contribution in [3.8, 4) is 0 Å². The SMILES string of the molecule is CCc1cc(NCCC(=O)N2CCOCC2)nc(C)n1. The van der Waals surface area contributed by atoms with Gasteiger partial charge in [-0.05, 0) is 13.3 Å². The van der Waals surface area contributed by atoms with Crippen molar-refractivity contribution in [2.45, 2.75) is 26.7 Å². The van der Waals surface area contributed by atoms with E-state index in [-0.39, 0.29) is 5.91 Å². The Morgan fingerprint density at radius 2 is 2.15 bits per heavy atom. The number of nitrogens with zero attached hydrogens (tertiary/aromatic N) is 3. The van der Waals surface area contributed by atoms with E-state index >= 15 is 0 Å². The highest BCUT2D eigenvalue weighted by Crippen LogP contribution is 2.08. The second-order valence-electron chi connectivity index (χ2n) is 4.82. The molecule has 0 aliphatic carbocycles. The van der Waals surface area contributed by atoms with Gasteiger partial charge in [0.15, 0.2) is 0 Å². The zero-order valence-corrected chi connectivity index (χ0v) is 12.2. The summed E-state index contributed by atoms with van der Waals surface area (Å²) in [6, 6.07) is 1.94. The van der Waals surface area contributed by atoms with Gasteiger partial charge in [-0.15, -0.1) is 0 Å². The lowest BCUT2D eigenvalue weighted by molar-refractivity contribution is -0.134. The molecular weight excluding hydrogens is 256 g/mol. The van der Waals surface area contributed by atoms with E-state index in [0.29, 0.717) is 39.3 Å². The molecular formula is C14H22N4O2. The molecule has 1 aliphatic rings. The highest BCUT2D eigenvalue weighted by atomic mass is 16.5. The standard InChI is InChI=1S/C14H22N4O2/c1-3-12-10-13(17-11(2)16-12)15-5-4-14(19)18-6-8-20-9-7-18/h10H,3-9H2,1-2H3,(H,15,16,17). The summed E-state index contributed by atoms with van der Waals surface area (Å²) < 4.78 is 5.24. The highest BCUT2D eigenvalue weighted by molar-refractivity contribution is 5.76. The number of ether oxygens (including phenoxy) is 1. The number of morpholine rings is 1. The van der Waals surface area contributed by atoms with Crippen LogP contribution in [0.1, 0.15) is 24.9 Å². The maximum absolute atomic E-state index is 12.0. The van der Waals surface area contributed by atoms with Gasteiger partial charge in [-0.2, -0.15) is 0 Å². The first-order valence-corrected chi connectivity index (χ1v) is 7.13. The van der Waals surface area contributed by atoms with E-state index in [1.807, 2.05) is 17.9 Å². The highest BCUT2D eigenvalue weighted by Gasteiger charge is 2.16. The molecule has 110 valence electrons. The number of hydrogen-bond acceptors (Lipinski definition) is 5. The van der Waals surface area contributed by atoms with Crippen LogP contribution < -0.4 is 5.32 Å². The van der Waals surface area contributed by atoms with Gasteiger partial charge in [-0.1, -0.05) is 6.92 Å². The predicted molar refractivity (Wildman–Crippen MR) is 76.7 cm³/mol. The average molecular weight is 278 g/mol. The first kappa shape index (κ1) is 14.7. The minimum Gasteiger partial charge on any atom is -0.378 e. The van der Waals surface area contributed by atoms with Crippen LogP contribution in [0.2, 0.25) is 0 Å². The molecule has 1 saturated heterocycles. The molecule has 0 saturated carbocycles. The van der Waals surface area contributed by atoms with E-state index in [9.17, 15) is 4.79 Å². The van der Waals surface area contributed by atoms with Crippen molar-refractivity contribution < 1.29 is 9.53 Å². The van der Waals surface area contributed by atoms with Gasteiger partial charge in [0.05, 0.1) is 13.2 Å². The largest absolute Gasteiger partial charge is 0.378 e. The van der Waals surface area contributed by atoms with Crippen LogP contribution in [-0.4, -0.2) is 53.6 Å². The van der Waals surface area contributed by atoms with Gasteiger partial charge in [-0.3, -0.25) is 4.79 Å². The number of nitrogens with one attached hydrogen (secondary N) is 1. The van der Waals surface area contributed by atoms with Crippen molar-refractivity contribution >= 4 is 11.7 Å². The fraction of sp³-hybridized carbons (Fsp3) is 0.643. The summed E-state index contributed by atoms with van der Waals surface area (Å²) >= 11 is 0. The Bertz CT molecular complexity index is 458. The van der Waals surface area contributed by atoms with Crippen molar-refractivity contribution in [1.82, 2.24) is 14.9 Å². The van der Waals surface area contributed by atoms with Crippen LogP contribution in [-0.2, 0) is 16.0 Å². The number of carbonyl (C=O) groups is 1. The van der Waals surface area contributed by atoms with Crippen LogP contribution in [0.15, 0.2) is 6.07 Å². The van der Waals surface area contributed by atoms with Crippen molar-refractivity contribution in [1.29, 1.82) is 0 Å². The summed E-state index contributed by atoms with van der Waals surface area (Å²) in [6.07, 6.45) is 1.36. The fourth-order valence-corrected chi connectivity index (χ4v) is 2.17. The van der Waals surface area contributed by atoms with Crippen molar-refractivity contribution in [2.75, 3.05) is 38.2 Å². The van der Waals surface area contributed by atoms with E-state index in [0.717, 1.165) is 23.8 Å². The Morgan fingerprint density at radius 3 is 2.85 bits per heavy atom. The van der Waals surface area contributed by atoms with Crippen molar-refractivity contribution in [3.05, 3.63) is 17.6 Å². The van der Waals surface area contributed by atoms with Gasteiger partial charge in [0, 0.05) is 37.8 Å². The van der Waals surface area contributed by atoms with E-state index in [2.05, 4.69) is 22.2 Å². The molecule has 1 N–H and O–H groups in total. The number of aryl methyl sites for hydroxylation is 2. The third-order valence-electron chi connectivity index (χ3n) is 3.26. The third kappa shape index (κ3) is 4.16. The average Bonchev–Trinajstić information content (AvgIpc) is 2.47. The molecule has 6 nitrogen and oxygen atoms in total. The van der Waals surface area contributed by atoms with Crippen LogP contribution in [0.4, 0.5) is 5.82 Å². The number of anilines is 1. The van der Waals surface area contributed by atoms with Crippen LogP contribution in [0, 0.1) is 6.92 Å². The van der Waals surface area contributed by atoms with Gasteiger partial charge in [-0.25, -0.2) is 9.97 Å². The summed E-state index contributed by atoms with van der Waals surface area (Å²) in [4.78, 5) is 22.5. The Labute approximate surface area is 119 Å². The summed E-state index contributed by atoms with van der Waals surface area (Å²) in [6.45, 7) is 7.22. The molecule has 0 unspecified atom stereocenters. The minimum atomic E-state index is 0.169. The first-order valence-electron chi connectivity index (χ1n) is 7.13. The maximum Gasteiger partial charge on any atom is 0.224 e. The Morgan fingerprint density at radius 1 is 1.40 bits per heavy atom. The van der Waals surface area contributed by atoms with Gasteiger partial charge in [0.1, 0.15) is 11.6 Å². The molecule has 20 heavy (non-hydrogen) atoms. The molecule has 0 radical (unpaired) electrons. The second kappa shape index (κ2) is 7.19. The van der Waals surface area contributed by atoms with E-state index in [1.165, 1.54) is 0 Å². The number of aromatic nitrogens is 2. The summed E-state index contributed by atoms with van der Waals surface area (Å²) in [5.41, 5.74) is 1.01. The molecule has 2 heterocycles. The molecule has 2 rings (SSSR count). The summed E-state index contributed by atoms with van der Waals surface area (Å²) in [7, 11) is 0. The lowest BCUT2D eigenvalue weighted by Gasteiger charge is -2.26. The Hall–Kier alpha value is -1.69. The molecule has 1 fully saturated rings. The van der Waals surface area contributed by atoms with Gasteiger partial charge < -0.3 is 15.0 Å². The van der Waals surface area contributed by atoms with Gasteiger partial charge >= 0.3 is 0 Å². The first-order chi connectivity index (χ1) is 9.69. The number of rotatable bonds is 5. The van der Waals surface area contributed by atoms with Crippen molar-refractivity contribution in [2.24, 2.45) is 0 Å². The maximum atomic E-state index is 12.0. The molecule has 6 heteroatoms. The third-order valence-corrected chi connectivity index (χ3v) is 3.26. The predicted octanol–water partition coefficient (Wildman–Crippen LogP) is 1.01. The van der Waals surface area contributed by atoms with Crippen LogP contribution >= 0.6 is 0 Å². The topological polar surface area (TPSA) is 67.4 Å². The number of carbonyl (C=O) groups excluding carboxylic acids is 1. The molecule has 0 bridgehead atoms. The fourth-order valence-electron chi connectivity index (χ4n) is 2.17. The van der Waals surface area contributed by atoms with Gasteiger partial charge in [0.2, 0.25) is 5.91 Å². The normalized spacial score (nSPS) is 15.2. The van der Waals surface area contributed by atoms with Crippen molar-refractivity contribution in [3.63, 3.8) is 0 Å².